The molecule has 1 heterocycles. The van der Waals surface area contributed by atoms with Crippen LogP contribution in [0.4, 0.5) is 0 Å². The van der Waals surface area contributed by atoms with Gasteiger partial charge in [-0.05, 0) is 6.92 Å². The number of hydrogen-bond donors (Lipinski definition) is 1. The van der Waals surface area contributed by atoms with Crippen molar-refractivity contribution in [3.63, 3.8) is 0 Å². The van der Waals surface area contributed by atoms with Crippen LogP contribution in [0.2, 0.25) is 0 Å². The molecule has 1 saturated heterocycles. The van der Waals surface area contributed by atoms with E-state index in [4.69, 9.17) is 18.9 Å². The van der Waals surface area contributed by atoms with Crippen molar-refractivity contribution in [3.05, 3.63) is 0 Å². The Hall–Kier alpha value is -1.18. The molecule has 7 heteroatoms. The zero-order chi connectivity index (χ0) is 13.9. The minimum Gasteiger partial charge on any atom is -0.457 e. The van der Waals surface area contributed by atoms with E-state index in [9.17, 15) is 14.7 Å². The molecule has 104 valence electrons. The van der Waals surface area contributed by atoms with E-state index in [0.717, 1.165) is 0 Å². The molecule has 0 saturated carbocycles. The lowest BCUT2D eigenvalue weighted by Crippen LogP contribution is -2.59. The number of ether oxygens (including phenoxy) is 4. The molecule has 0 aromatic carbocycles. The molecule has 1 fully saturated rings. The summed E-state index contributed by atoms with van der Waals surface area (Å²) in [5.74, 6) is -1.13. The molecule has 0 aromatic heterocycles. The minimum atomic E-state index is -1.20. The summed E-state index contributed by atoms with van der Waals surface area (Å²) < 4.78 is 20.3. The summed E-state index contributed by atoms with van der Waals surface area (Å²) in [6.45, 7) is 4.06. The van der Waals surface area contributed by atoms with Crippen molar-refractivity contribution in [2.24, 2.45) is 0 Å². The van der Waals surface area contributed by atoms with Gasteiger partial charge in [-0.2, -0.15) is 0 Å². The second-order valence-electron chi connectivity index (χ2n) is 4.08. The number of aliphatic hydroxyl groups is 1. The second kappa shape index (κ2) is 6.12. The first-order chi connectivity index (χ1) is 8.36. The van der Waals surface area contributed by atoms with Crippen molar-refractivity contribution < 1.29 is 33.6 Å². The lowest BCUT2D eigenvalue weighted by atomic mass is 9.99. The maximum atomic E-state index is 11.0. The lowest BCUT2D eigenvalue weighted by molar-refractivity contribution is -0.292. The molecule has 0 aromatic rings. The van der Waals surface area contributed by atoms with Crippen LogP contribution >= 0.6 is 0 Å². The van der Waals surface area contributed by atoms with Gasteiger partial charge in [-0.15, -0.1) is 0 Å². The third-order valence-corrected chi connectivity index (χ3v) is 2.59. The molecule has 7 nitrogen and oxygen atoms in total. The van der Waals surface area contributed by atoms with Crippen molar-refractivity contribution in [1.29, 1.82) is 0 Å². The first-order valence-electron chi connectivity index (χ1n) is 5.57. The van der Waals surface area contributed by atoms with Gasteiger partial charge < -0.3 is 24.1 Å². The SMILES string of the molecule is CO[C@H]1O[C@@H](C)[C@H](OC(C)=O)[C@@H](O)[C@H]1OC(C)=O. The van der Waals surface area contributed by atoms with E-state index in [0.29, 0.717) is 0 Å². The van der Waals surface area contributed by atoms with Crippen molar-refractivity contribution in [3.8, 4) is 0 Å². The number of esters is 2. The zero-order valence-electron chi connectivity index (χ0n) is 10.8. The summed E-state index contributed by atoms with van der Waals surface area (Å²) in [5.41, 5.74) is 0. The van der Waals surface area contributed by atoms with Gasteiger partial charge in [-0.25, -0.2) is 0 Å². The monoisotopic (exact) mass is 262 g/mol. The predicted molar refractivity (Wildman–Crippen MR) is 58.5 cm³/mol. The quantitative estimate of drug-likeness (QED) is 0.692. The lowest BCUT2D eigenvalue weighted by Gasteiger charge is -2.41. The standard InChI is InChI=1S/C11H18O7/c1-5-9(17-6(2)12)8(14)10(18-7(3)13)11(15-4)16-5/h5,8-11,14H,1-4H3/t5-,8+,9-,10+,11-/m0/s1. The van der Waals surface area contributed by atoms with Crippen molar-refractivity contribution in [1.82, 2.24) is 0 Å². The Morgan fingerprint density at radius 3 is 2.06 bits per heavy atom. The molecule has 1 aliphatic heterocycles. The first kappa shape index (κ1) is 14.9. The fraction of sp³-hybridized carbons (Fsp3) is 0.818. The van der Waals surface area contributed by atoms with Crippen molar-refractivity contribution in [2.75, 3.05) is 7.11 Å². The van der Waals surface area contributed by atoms with E-state index in [1.54, 1.807) is 6.92 Å². The number of carbonyl (C=O) groups is 2. The second-order valence-corrected chi connectivity index (χ2v) is 4.08. The predicted octanol–water partition coefficient (Wildman–Crippen LogP) is -0.398. The highest BCUT2D eigenvalue weighted by Gasteiger charge is 2.47. The van der Waals surface area contributed by atoms with Gasteiger partial charge in [0.1, 0.15) is 6.10 Å². The minimum absolute atomic E-state index is 0.549. The molecule has 1 rings (SSSR count). The van der Waals surface area contributed by atoms with E-state index in [1.165, 1.54) is 21.0 Å². The summed E-state index contributed by atoms with van der Waals surface area (Å²) >= 11 is 0. The molecular weight excluding hydrogens is 244 g/mol. The van der Waals surface area contributed by atoms with Gasteiger partial charge in [0.05, 0.1) is 6.10 Å². The number of methoxy groups -OCH3 is 1. The summed E-state index contributed by atoms with van der Waals surface area (Å²) in [7, 11) is 1.37. The molecule has 0 radical (unpaired) electrons. The average Bonchev–Trinajstić information content (AvgIpc) is 2.27. The molecule has 0 unspecified atom stereocenters. The van der Waals surface area contributed by atoms with Crippen LogP contribution in [0.5, 0.6) is 0 Å². The van der Waals surface area contributed by atoms with Gasteiger partial charge in [0, 0.05) is 21.0 Å². The Morgan fingerprint density at radius 1 is 1.11 bits per heavy atom. The van der Waals surface area contributed by atoms with Gasteiger partial charge >= 0.3 is 11.9 Å². The molecule has 0 bridgehead atoms. The molecule has 0 spiro atoms. The van der Waals surface area contributed by atoms with Crippen LogP contribution in [-0.4, -0.2) is 54.9 Å². The summed E-state index contributed by atoms with van der Waals surface area (Å²) in [6, 6.07) is 0. The Morgan fingerprint density at radius 2 is 1.61 bits per heavy atom. The van der Waals surface area contributed by atoms with Crippen LogP contribution < -0.4 is 0 Å². The van der Waals surface area contributed by atoms with Crippen molar-refractivity contribution >= 4 is 11.9 Å². The molecular formula is C11H18O7. The van der Waals surface area contributed by atoms with Crippen LogP contribution in [0.3, 0.4) is 0 Å². The van der Waals surface area contributed by atoms with E-state index in [2.05, 4.69) is 0 Å². The number of hydrogen-bond acceptors (Lipinski definition) is 7. The maximum absolute atomic E-state index is 11.0. The third kappa shape index (κ3) is 3.41. The maximum Gasteiger partial charge on any atom is 0.303 e. The summed E-state index contributed by atoms with van der Waals surface area (Å²) in [6.07, 6.45) is -4.61. The number of rotatable bonds is 3. The first-order valence-corrected chi connectivity index (χ1v) is 5.57. The Bertz CT molecular complexity index is 317. The normalized spacial score (nSPS) is 35.9. The summed E-state index contributed by atoms with van der Waals surface area (Å²) in [5, 5.41) is 10.1. The molecule has 5 atom stereocenters. The fourth-order valence-corrected chi connectivity index (χ4v) is 1.86. The van der Waals surface area contributed by atoms with Crippen LogP contribution in [0.25, 0.3) is 0 Å². The summed E-state index contributed by atoms with van der Waals surface area (Å²) in [4.78, 5) is 21.9. The molecule has 18 heavy (non-hydrogen) atoms. The van der Waals surface area contributed by atoms with Crippen molar-refractivity contribution in [2.45, 2.75) is 51.5 Å². The van der Waals surface area contributed by atoms with E-state index >= 15 is 0 Å². The molecule has 0 amide bonds. The van der Waals surface area contributed by atoms with Gasteiger partial charge in [-0.1, -0.05) is 0 Å². The Labute approximate surface area is 105 Å². The molecule has 1 N–H and O–H groups in total. The van der Waals surface area contributed by atoms with Gasteiger partial charge in [0.15, 0.2) is 18.5 Å². The Kier molecular flexibility index (Phi) is 5.06. The molecule has 1 aliphatic rings. The topological polar surface area (TPSA) is 91.3 Å². The Balaban J connectivity index is 2.84. The highest BCUT2D eigenvalue weighted by molar-refractivity contribution is 5.67. The van der Waals surface area contributed by atoms with Gasteiger partial charge in [-0.3, -0.25) is 9.59 Å². The highest BCUT2D eigenvalue weighted by Crippen LogP contribution is 2.26. The van der Waals surface area contributed by atoms with Gasteiger partial charge in [0.2, 0.25) is 0 Å². The largest absolute Gasteiger partial charge is 0.457 e. The smallest absolute Gasteiger partial charge is 0.303 e. The molecule has 0 aliphatic carbocycles. The van der Waals surface area contributed by atoms with Crippen LogP contribution in [0.1, 0.15) is 20.8 Å². The van der Waals surface area contributed by atoms with Gasteiger partial charge in [0.25, 0.3) is 0 Å². The third-order valence-electron chi connectivity index (χ3n) is 2.59. The van der Waals surface area contributed by atoms with E-state index in [-0.39, 0.29) is 0 Å². The average molecular weight is 262 g/mol. The highest BCUT2D eigenvalue weighted by atomic mass is 16.7. The van der Waals surface area contributed by atoms with Crippen LogP contribution in [-0.2, 0) is 28.5 Å². The van der Waals surface area contributed by atoms with E-state index in [1.807, 2.05) is 0 Å². The van der Waals surface area contributed by atoms with E-state index < -0.39 is 42.6 Å². The van der Waals surface area contributed by atoms with Crippen LogP contribution in [0.15, 0.2) is 0 Å². The number of aliphatic hydroxyl groups excluding tert-OH is 1. The fourth-order valence-electron chi connectivity index (χ4n) is 1.86. The number of carbonyl (C=O) groups excluding carboxylic acids is 2. The van der Waals surface area contributed by atoms with Crippen LogP contribution in [0, 0.1) is 0 Å². The zero-order valence-corrected chi connectivity index (χ0v) is 10.8.